The molecular weight excluding hydrogens is 312 g/mol. The van der Waals surface area contributed by atoms with Gasteiger partial charge in [-0.2, -0.15) is 0 Å². The number of rotatable bonds is 6. The molecule has 0 bridgehead atoms. The number of esters is 1. The first-order valence-corrected chi connectivity index (χ1v) is 8.12. The summed E-state index contributed by atoms with van der Waals surface area (Å²) in [6.45, 7) is 0. The van der Waals surface area contributed by atoms with Gasteiger partial charge in [0.2, 0.25) is 5.91 Å². The summed E-state index contributed by atoms with van der Waals surface area (Å²) in [5, 5.41) is 13.5. The second-order valence-electron chi connectivity index (χ2n) is 6.07. The number of nitro benzene ring substituents is 1. The summed E-state index contributed by atoms with van der Waals surface area (Å²) < 4.78 is 4.82. The van der Waals surface area contributed by atoms with Gasteiger partial charge in [0, 0.05) is 12.1 Å². The molecule has 1 N–H and O–H groups in total. The molecule has 1 aromatic carbocycles. The van der Waals surface area contributed by atoms with E-state index in [0.717, 1.165) is 32.1 Å². The van der Waals surface area contributed by atoms with Crippen LogP contribution in [0.3, 0.4) is 0 Å². The maximum Gasteiger partial charge on any atom is 0.328 e. The second kappa shape index (κ2) is 8.42. The average molecular weight is 334 g/mol. The summed E-state index contributed by atoms with van der Waals surface area (Å²) in [4.78, 5) is 34.6. The Morgan fingerprint density at radius 2 is 2.04 bits per heavy atom. The Labute approximate surface area is 140 Å². The number of nitrogens with zero attached hydrogens (tertiary/aromatic N) is 1. The van der Waals surface area contributed by atoms with Crippen LogP contribution in [-0.4, -0.2) is 30.0 Å². The summed E-state index contributed by atoms with van der Waals surface area (Å²) in [5.74, 6) is -0.689. The lowest BCUT2D eigenvalue weighted by Gasteiger charge is -2.29. The van der Waals surface area contributed by atoms with E-state index in [1.165, 1.54) is 19.2 Å². The SMILES string of the molecule is COC(=O)[C@H](NC(=O)Cc1cccc([N+](=O)[O-])c1)C1CCCCC1. The molecule has 0 aliphatic heterocycles. The Morgan fingerprint density at radius 1 is 1.33 bits per heavy atom. The standard InChI is InChI=1S/C17H22N2O5/c1-24-17(21)16(13-7-3-2-4-8-13)18-15(20)11-12-6-5-9-14(10-12)19(22)23/h5-6,9-10,13,16H,2-4,7-8,11H2,1H3,(H,18,20)/t16-/m1/s1. The minimum Gasteiger partial charge on any atom is -0.467 e. The van der Waals surface area contributed by atoms with Crippen molar-refractivity contribution in [1.82, 2.24) is 5.32 Å². The number of carbonyl (C=O) groups is 2. The fourth-order valence-electron chi connectivity index (χ4n) is 3.15. The van der Waals surface area contributed by atoms with E-state index in [1.807, 2.05) is 0 Å². The van der Waals surface area contributed by atoms with Crippen LogP contribution in [0.4, 0.5) is 5.69 Å². The molecule has 0 spiro atoms. The van der Waals surface area contributed by atoms with Crippen LogP contribution in [0.2, 0.25) is 0 Å². The number of non-ortho nitro benzene ring substituents is 1. The van der Waals surface area contributed by atoms with Crippen LogP contribution >= 0.6 is 0 Å². The van der Waals surface area contributed by atoms with Gasteiger partial charge >= 0.3 is 5.97 Å². The number of nitrogens with one attached hydrogen (secondary N) is 1. The molecule has 1 atom stereocenters. The van der Waals surface area contributed by atoms with E-state index in [-0.39, 0.29) is 23.9 Å². The quantitative estimate of drug-likeness (QED) is 0.489. The first-order valence-electron chi connectivity index (χ1n) is 8.12. The van der Waals surface area contributed by atoms with Gasteiger partial charge in [-0.1, -0.05) is 31.4 Å². The fraction of sp³-hybridized carbons (Fsp3) is 0.529. The summed E-state index contributed by atoms with van der Waals surface area (Å²) in [6.07, 6.45) is 4.99. The number of ether oxygens (including phenoxy) is 1. The van der Waals surface area contributed by atoms with E-state index in [2.05, 4.69) is 5.32 Å². The van der Waals surface area contributed by atoms with Gasteiger partial charge in [-0.3, -0.25) is 14.9 Å². The maximum absolute atomic E-state index is 12.3. The zero-order chi connectivity index (χ0) is 17.5. The fourth-order valence-corrected chi connectivity index (χ4v) is 3.15. The summed E-state index contributed by atoms with van der Waals surface area (Å²) in [6, 6.07) is 5.29. The molecule has 7 nitrogen and oxygen atoms in total. The molecule has 1 saturated carbocycles. The Hall–Kier alpha value is -2.44. The molecule has 1 aliphatic rings. The van der Waals surface area contributed by atoms with Crippen LogP contribution < -0.4 is 5.32 Å². The maximum atomic E-state index is 12.3. The highest BCUT2D eigenvalue weighted by Crippen LogP contribution is 2.27. The third-order valence-corrected chi connectivity index (χ3v) is 4.38. The third kappa shape index (κ3) is 4.78. The van der Waals surface area contributed by atoms with Crippen molar-refractivity contribution in [3.8, 4) is 0 Å². The topological polar surface area (TPSA) is 98.5 Å². The van der Waals surface area contributed by atoms with Crippen molar-refractivity contribution in [2.75, 3.05) is 7.11 Å². The zero-order valence-electron chi connectivity index (χ0n) is 13.7. The van der Waals surface area contributed by atoms with E-state index < -0.39 is 16.9 Å². The monoisotopic (exact) mass is 334 g/mol. The molecule has 130 valence electrons. The van der Waals surface area contributed by atoms with E-state index >= 15 is 0 Å². The van der Waals surface area contributed by atoms with E-state index in [4.69, 9.17) is 4.74 Å². The molecule has 1 fully saturated rings. The molecule has 1 amide bonds. The predicted molar refractivity (Wildman–Crippen MR) is 87.3 cm³/mol. The van der Waals surface area contributed by atoms with Gasteiger partial charge in [0.15, 0.2) is 0 Å². The molecule has 0 radical (unpaired) electrons. The molecule has 2 rings (SSSR count). The van der Waals surface area contributed by atoms with Crippen LogP contribution in [0, 0.1) is 16.0 Å². The normalized spacial score (nSPS) is 16.2. The van der Waals surface area contributed by atoms with Gasteiger partial charge < -0.3 is 10.1 Å². The summed E-state index contributed by atoms with van der Waals surface area (Å²) in [5.41, 5.74) is 0.478. The molecule has 1 aliphatic carbocycles. The number of amides is 1. The number of nitro groups is 1. The summed E-state index contributed by atoms with van der Waals surface area (Å²) >= 11 is 0. The Balaban J connectivity index is 2.03. The van der Waals surface area contributed by atoms with E-state index in [9.17, 15) is 19.7 Å². The highest BCUT2D eigenvalue weighted by atomic mass is 16.6. The largest absolute Gasteiger partial charge is 0.467 e. The Morgan fingerprint density at radius 3 is 2.67 bits per heavy atom. The average Bonchev–Trinajstić information content (AvgIpc) is 2.60. The molecule has 1 aromatic rings. The lowest BCUT2D eigenvalue weighted by molar-refractivity contribution is -0.384. The Kier molecular flexibility index (Phi) is 6.28. The number of carbonyl (C=O) groups excluding carboxylic acids is 2. The van der Waals surface area contributed by atoms with E-state index in [1.54, 1.807) is 12.1 Å². The van der Waals surface area contributed by atoms with Crippen molar-refractivity contribution >= 4 is 17.6 Å². The summed E-state index contributed by atoms with van der Waals surface area (Å²) in [7, 11) is 1.31. The van der Waals surface area contributed by atoms with Crippen LogP contribution in [-0.2, 0) is 20.7 Å². The van der Waals surface area contributed by atoms with Crippen molar-refractivity contribution < 1.29 is 19.2 Å². The van der Waals surface area contributed by atoms with E-state index in [0.29, 0.717) is 5.56 Å². The van der Waals surface area contributed by atoms with Crippen LogP contribution in [0.5, 0.6) is 0 Å². The lowest BCUT2D eigenvalue weighted by Crippen LogP contribution is -2.47. The zero-order valence-corrected chi connectivity index (χ0v) is 13.7. The first-order chi connectivity index (χ1) is 11.5. The minimum absolute atomic E-state index is 0.0120. The highest BCUT2D eigenvalue weighted by molar-refractivity contribution is 5.85. The van der Waals surface area contributed by atoms with Crippen LogP contribution in [0.1, 0.15) is 37.7 Å². The highest BCUT2D eigenvalue weighted by Gasteiger charge is 2.31. The third-order valence-electron chi connectivity index (χ3n) is 4.38. The van der Waals surface area contributed by atoms with Crippen molar-refractivity contribution in [3.05, 3.63) is 39.9 Å². The molecule has 24 heavy (non-hydrogen) atoms. The smallest absolute Gasteiger partial charge is 0.328 e. The van der Waals surface area contributed by atoms with Crippen molar-refractivity contribution in [3.63, 3.8) is 0 Å². The molecular formula is C17H22N2O5. The first kappa shape index (κ1) is 17.9. The molecule has 7 heteroatoms. The lowest BCUT2D eigenvalue weighted by atomic mass is 9.83. The van der Waals surface area contributed by atoms with Gasteiger partial charge in [0.25, 0.3) is 5.69 Å². The number of hydrogen-bond donors (Lipinski definition) is 1. The van der Waals surface area contributed by atoms with Crippen LogP contribution in [0.15, 0.2) is 24.3 Å². The van der Waals surface area contributed by atoms with Gasteiger partial charge in [0.1, 0.15) is 6.04 Å². The second-order valence-corrected chi connectivity index (χ2v) is 6.07. The van der Waals surface area contributed by atoms with Crippen LogP contribution in [0.25, 0.3) is 0 Å². The van der Waals surface area contributed by atoms with Gasteiger partial charge in [-0.25, -0.2) is 4.79 Å². The van der Waals surface area contributed by atoms with Gasteiger partial charge in [-0.15, -0.1) is 0 Å². The molecule has 0 unspecified atom stereocenters. The van der Waals surface area contributed by atoms with Crippen molar-refractivity contribution in [1.29, 1.82) is 0 Å². The molecule has 0 saturated heterocycles. The number of benzene rings is 1. The van der Waals surface area contributed by atoms with Crippen molar-refractivity contribution in [2.45, 2.75) is 44.6 Å². The number of methoxy groups -OCH3 is 1. The molecule has 0 aromatic heterocycles. The predicted octanol–water partition coefficient (Wildman–Crippen LogP) is 2.38. The number of hydrogen-bond acceptors (Lipinski definition) is 5. The van der Waals surface area contributed by atoms with Crippen molar-refractivity contribution in [2.24, 2.45) is 5.92 Å². The molecule has 0 heterocycles. The van der Waals surface area contributed by atoms with Gasteiger partial charge in [-0.05, 0) is 24.3 Å². The Bertz CT molecular complexity index is 611. The van der Waals surface area contributed by atoms with Gasteiger partial charge in [0.05, 0.1) is 18.5 Å². The minimum atomic E-state index is -0.651.